The molecule has 1 aliphatic rings. The fourth-order valence-corrected chi connectivity index (χ4v) is 3.07. The molecule has 5 heteroatoms. The van der Waals surface area contributed by atoms with Crippen LogP contribution in [-0.2, 0) is 14.3 Å². The lowest BCUT2D eigenvalue weighted by atomic mass is 9.82. The maximum absolute atomic E-state index is 12.6. The number of ether oxygens (including phenoxy) is 1. The van der Waals surface area contributed by atoms with Crippen molar-refractivity contribution < 1.29 is 23.9 Å². The molecule has 0 atom stereocenters. The average molecular weight is 370 g/mol. The van der Waals surface area contributed by atoms with Crippen molar-refractivity contribution in [3.63, 3.8) is 0 Å². The highest BCUT2D eigenvalue weighted by atomic mass is 16.6. The summed E-state index contributed by atoms with van der Waals surface area (Å²) in [5.41, 5.74) is 1.25. The highest BCUT2D eigenvalue weighted by molar-refractivity contribution is 6.26. The number of Topliss-reactive ketones (excluding diaryl/α,β-unsaturated/α-hetero) is 3. The van der Waals surface area contributed by atoms with Crippen LogP contribution in [0.4, 0.5) is 0 Å². The number of carbonyl (C=O) groups excluding carboxylic acids is 4. The number of hydrogen-bond donors (Lipinski definition) is 0. The Morgan fingerprint density at radius 2 is 1.52 bits per heavy atom. The Morgan fingerprint density at radius 3 is 2.11 bits per heavy atom. The van der Waals surface area contributed by atoms with E-state index in [0.717, 1.165) is 0 Å². The van der Waals surface area contributed by atoms with Gasteiger partial charge in [-0.3, -0.25) is 19.2 Å². The topological polar surface area (TPSA) is 77.5 Å². The van der Waals surface area contributed by atoms with Gasteiger partial charge in [-0.2, -0.15) is 0 Å². The minimum atomic E-state index is -0.561. The van der Waals surface area contributed by atoms with E-state index in [2.05, 4.69) is 0 Å². The smallest absolute Gasteiger partial charge is 0.306 e. The molecule has 0 saturated heterocycles. The fourth-order valence-electron chi connectivity index (χ4n) is 3.07. The number of carbonyl (C=O) groups is 4. The summed E-state index contributed by atoms with van der Waals surface area (Å²) in [5, 5.41) is 0. The molecule has 0 heterocycles. The average Bonchev–Trinajstić information content (AvgIpc) is 2.59. The number of esters is 1. The van der Waals surface area contributed by atoms with Crippen LogP contribution >= 0.6 is 0 Å². The molecular weight excluding hydrogens is 344 g/mol. The Labute approximate surface area is 159 Å². The summed E-state index contributed by atoms with van der Waals surface area (Å²) >= 11 is 0. The first-order valence-corrected chi connectivity index (χ1v) is 9.22. The van der Waals surface area contributed by atoms with E-state index in [1.54, 1.807) is 52.0 Å². The van der Waals surface area contributed by atoms with Crippen LogP contribution in [0, 0.1) is 0 Å². The molecular formula is C22H26O5. The Morgan fingerprint density at radius 1 is 0.926 bits per heavy atom. The number of rotatable bonds is 7. The van der Waals surface area contributed by atoms with Crippen molar-refractivity contribution in [1.29, 1.82) is 0 Å². The standard InChI is InChI=1S/C22H26O5/c1-14-16(21(26)18-10-6-5-9-17(18)20(14)25)11-7-8-15(23)12-13-19(24)27-22(2,3)4/h5-6,9-10H,7-8,11-13H2,1-4H3. The molecule has 0 amide bonds. The second-order valence-corrected chi connectivity index (χ2v) is 7.79. The van der Waals surface area contributed by atoms with Gasteiger partial charge in [0.15, 0.2) is 11.6 Å². The highest BCUT2D eigenvalue weighted by Crippen LogP contribution is 2.29. The third kappa shape index (κ3) is 5.46. The molecule has 1 aromatic carbocycles. The van der Waals surface area contributed by atoms with Gasteiger partial charge in [-0.25, -0.2) is 0 Å². The van der Waals surface area contributed by atoms with Crippen LogP contribution in [0.15, 0.2) is 35.4 Å². The van der Waals surface area contributed by atoms with Crippen LogP contribution in [-0.4, -0.2) is 28.9 Å². The maximum Gasteiger partial charge on any atom is 0.306 e. The zero-order valence-electron chi connectivity index (χ0n) is 16.4. The van der Waals surface area contributed by atoms with Crippen molar-refractivity contribution in [3.8, 4) is 0 Å². The lowest BCUT2D eigenvalue weighted by Crippen LogP contribution is -2.24. The summed E-state index contributed by atoms with van der Waals surface area (Å²) in [7, 11) is 0. The van der Waals surface area contributed by atoms with Crippen molar-refractivity contribution >= 4 is 23.3 Å². The highest BCUT2D eigenvalue weighted by Gasteiger charge is 2.29. The molecule has 0 unspecified atom stereocenters. The summed E-state index contributed by atoms with van der Waals surface area (Å²) in [6.45, 7) is 7.01. The molecule has 0 radical (unpaired) electrons. The van der Waals surface area contributed by atoms with Crippen molar-refractivity contribution in [1.82, 2.24) is 0 Å². The van der Waals surface area contributed by atoms with Crippen molar-refractivity contribution in [2.45, 2.75) is 65.4 Å². The van der Waals surface area contributed by atoms with Gasteiger partial charge < -0.3 is 4.74 Å². The van der Waals surface area contributed by atoms with Crippen molar-refractivity contribution in [2.75, 3.05) is 0 Å². The third-order valence-electron chi connectivity index (χ3n) is 4.39. The van der Waals surface area contributed by atoms with Crippen LogP contribution in [0.1, 0.15) is 80.5 Å². The molecule has 0 aliphatic heterocycles. The molecule has 27 heavy (non-hydrogen) atoms. The first-order valence-electron chi connectivity index (χ1n) is 9.22. The largest absolute Gasteiger partial charge is 0.460 e. The summed E-state index contributed by atoms with van der Waals surface area (Å²) in [5.74, 6) is -0.700. The summed E-state index contributed by atoms with van der Waals surface area (Å²) in [4.78, 5) is 48.7. The van der Waals surface area contributed by atoms with E-state index in [-0.39, 0.29) is 42.6 Å². The first kappa shape index (κ1) is 20.7. The Bertz CT molecular complexity index is 808. The quantitative estimate of drug-likeness (QED) is 0.671. The molecule has 1 aromatic rings. The van der Waals surface area contributed by atoms with E-state index in [4.69, 9.17) is 4.74 Å². The van der Waals surface area contributed by atoms with Gasteiger partial charge in [0.25, 0.3) is 0 Å². The fraction of sp³-hybridized carbons (Fsp3) is 0.455. The lowest BCUT2D eigenvalue weighted by molar-refractivity contribution is -0.155. The van der Waals surface area contributed by atoms with E-state index in [1.807, 2.05) is 0 Å². The Kier molecular flexibility index (Phi) is 6.47. The van der Waals surface area contributed by atoms with E-state index in [9.17, 15) is 19.2 Å². The van der Waals surface area contributed by atoms with Crippen LogP contribution in [0.3, 0.4) is 0 Å². The molecule has 0 saturated carbocycles. The maximum atomic E-state index is 12.6. The van der Waals surface area contributed by atoms with Gasteiger partial charge in [0, 0.05) is 35.1 Å². The first-order chi connectivity index (χ1) is 12.6. The van der Waals surface area contributed by atoms with E-state index in [1.165, 1.54) is 0 Å². The van der Waals surface area contributed by atoms with Gasteiger partial charge in [-0.05, 0) is 40.5 Å². The number of fused-ring (bicyclic) bond motifs is 1. The second kappa shape index (κ2) is 8.42. The molecule has 0 N–H and O–H groups in total. The van der Waals surface area contributed by atoms with Crippen LogP contribution in [0.25, 0.3) is 0 Å². The molecule has 0 spiro atoms. The van der Waals surface area contributed by atoms with Crippen LogP contribution in [0.2, 0.25) is 0 Å². The summed E-state index contributed by atoms with van der Waals surface area (Å²) in [6, 6.07) is 6.80. The van der Waals surface area contributed by atoms with Gasteiger partial charge >= 0.3 is 5.97 Å². The lowest BCUT2D eigenvalue weighted by Gasteiger charge is -2.19. The number of allylic oxidation sites excluding steroid dienone is 2. The van der Waals surface area contributed by atoms with E-state index < -0.39 is 5.60 Å². The zero-order chi connectivity index (χ0) is 20.2. The van der Waals surface area contributed by atoms with Crippen LogP contribution in [0.5, 0.6) is 0 Å². The third-order valence-corrected chi connectivity index (χ3v) is 4.39. The minimum Gasteiger partial charge on any atom is -0.460 e. The van der Waals surface area contributed by atoms with Gasteiger partial charge in [0.2, 0.25) is 0 Å². The van der Waals surface area contributed by atoms with Gasteiger partial charge in [-0.1, -0.05) is 24.3 Å². The van der Waals surface area contributed by atoms with E-state index >= 15 is 0 Å². The molecule has 0 bridgehead atoms. The Hall–Kier alpha value is -2.56. The molecule has 1 aliphatic carbocycles. The zero-order valence-corrected chi connectivity index (χ0v) is 16.4. The summed E-state index contributed by atoms with van der Waals surface area (Å²) < 4.78 is 5.18. The van der Waals surface area contributed by atoms with E-state index in [0.29, 0.717) is 35.1 Å². The van der Waals surface area contributed by atoms with Crippen molar-refractivity contribution in [3.05, 3.63) is 46.5 Å². The normalized spacial score (nSPS) is 14.2. The molecule has 0 aromatic heterocycles. The molecule has 5 nitrogen and oxygen atoms in total. The predicted octanol–water partition coefficient (Wildman–Crippen LogP) is 4.24. The predicted molar refractivity (Wildman–Crippen MR) is 102 cm³/mol. The number of benzene rings is 1. The van der Waals surface area contributed by atoms with Gasteiger partial charge in [-0.15, -0.1) is 0 Å². The summed E-state index contributed by atoms with van der Waals surface area (Å²) in [6.07, 6.45) is 1.30. The number of hydrogen-bond acceptors (Lipinski definition) is 5. The minimum absolute atomic E-state index is 0.0471. The Balaban J connectivity index is 1.87. The molecule has 0 fully saturated rings. The SMILES string of the molecule is CC1=C(CCCC(=O)CCC(=O)OC(C)(C)C)C(=O)c2ccccc2C1=O. The second-order valence-electron chi connectivity index (χ2n) is 7.79. The van der Waals surface area contributed by atoms with Gasteiger partial charge in [0.05, 0.1) is 6.42 Å². The van der Waals surface area contributed by atoms with Crippen LogP contribution < -0.4 is 0 Å². The van der Waals surface area contributed by atoms with Gasteiger partial charge in [0.1, 0.15) is 11.4 Å². The monoisotopic (exact) mass is 370 g/mol. The molecule has 2 rings (SSSR count). The number of ketones is 3. The molecule has 144 valence electrons. The van der Waals surface area contributed by atoms with Crippen molar-refractivity contribution in [2.24, 2.45) is 0 Å².